The second kappa shape index (κ2) is 4.91. The predicted octanol–water partition coefficient (Wildman–Crippen LogP) is 3.05. The molecule has 0 unspecified atom stereocenters. The average molecular weight is 273 g/mol. The minimum absolute atomic E-state index is 0.148. The first kappa shape index (κ1) is 14.4. The highest BCUT2D eigenvalue weighted by molar-refractivity contribution is 5.65. The topological polar surface area (TPSA) is 50.9 Å². The molecule has 1 rings (SSSR count). The van der Waals surface area contributed by atoms with E-state index in [0.29, 0.717) is 6.07 Å². The van der Waals surface area contributed by atoms with Crippen LogP contribution >= 0.6 is 0 Å². The number of rotatable bonds is 3. The molecular formula is C9H9F6N3. The molecule has 0 aliphatic rings. The Morgan fingerprint density at radius 2 is 1.78 bits per heavy atom. The van der Waals surface area contributed by atoms with Gasteiger partial charge in [-0.1, -0.05) is 0 Å². The molecule has 1 heterocycles. The lowest BCUT2D eigenvalue weighted by molar-refractivity contribution is -0.141. The summed E-state index contributed by atoms with van der Waals surface area (Å²) in [5.41, 5.74) is 3.72. The van der Waals surface area contributed by atoms with Crippen LogP contribution in [0.15, 0.2) is 12.3 Å². The summed E-state index contributed by atoms with van der Waals surface area (Å²) < 4.78 is 72.5. The molecule has 0 atom stereocenters. The van der Waals surface area contributed by atoms with E-state index in [4.69, 9.17) is 5.73 Å². The van der Waals surface area contributed by atoms with Gasteiger partial charge in [-0.15, -0.1) is 0 Å². The Balaban J connectivity index is 2.76. The molecule has 0 amide bonds. The number of nitrogen functional groups attached to an aromatic ring is 1. The minimum Gasteiger partial charge on any atom is -0.396 e. The van der Waals surface area contributed by atoms with E-state index >= 15 is 0 Å². The van der Waals surface area contributed by atoms with E-state index in [1.165, 1.54) is 0 Å². The Kier molecular flexibility index (Phi) is 3.92. The molecule has 0 aromatic carbocycles. The van der Waals surface area contributed by atoms with Crippen LogP contribution in [-0.4, -0.2) is 17.7 Å². The Morgan fingerprint density at radius 3 is 2.28 bits per heavy atom. The highest BCUT2D eigenvalue weighted by atomic mass is 19.4. The van der Waals surface area contributed by atoms with Crippen LogP contribution < -0.4 is 11.1 Å². The van der Waals surface area contributed by atoms with Gasteiger partial charge in [0, 0.05) is 6.54 Å². The van der Waals surface area contributed by atoms with Gasteiger partial charge in [-0.05, 0) is 6.07 Å². The number of aromatic nitrogens is 1. The molecular weight excluding hydrogens is 264 g/mol. The number of hydrogen-bond acceptors (Lipinski definition) is 3. The number of halogens is 6. The summed E-state index contributed by atoms with van der Waals surface area (Å²) in [6.45, 7) is -0.561. The van der Waals surface area contributed by atoms with Crippen molar-refractivity contribution in [2.75, 3.05) is 17.6 Å². The Labute approximate surface area is 98.0 Å². The van der Waals surface area contributed by atoms with Crippen molar-refractivity contribution in [3.63, 3.8) is 0 Å². The molecule has 0 saturated heterocycles. The number of nitrogens with zero attached hydrogens (tertiary/aromatic N) is 1. The maximum absolute atomic E-state index is 12.3. The standard InChI is InChI=1S/C9H9F6N3/c10-8(11,12)1-2-17-6-3-7(9(13,14)15)18-4-5(6)16/h3-4H,1-2,16H2,(H,17,18). The molecule has 102 valence electrons. The summed E-state index contributed by atoms with van der Waals surface area (Å²) in [5.74, 6) is 0. The van der Waals surface area contributed by atoms with E-state index in [9.17, 15) is 26.3 Å². The first-order valence-corrected chi connectivity index (χ1v) is 4.73. The van der Waals surface area contributed by atoms with E-state index in [-0.39, 0.29) is 11.4 Å². The second-order valence-corrected chi connectivity index (χ2v) is 3.45. The van der Waals surface area contributed by atoms with Crippen LogP contribution in [0.4, 0.5) is 37.7 Å². The largest absolute Gasteiger partial charge is 0.433 e. The van der Waals surface area contributed by atoms with Crippen molar-refractivity contribution in [1.29, 1.82) is 0 Å². The number of nitrogens with one attached hydrogen (secondary N) is 1. The van der Waals surface area contributed by atoms with Crippen LogP contribution in [-0.2, 0) is 6.18 Å². The molecule has 3 N–H and O–H groups in total. The summed E-state index contributed by atoms with van der Waals surface area (Å²) in [7, 11) is 0. The predicted molar refractivity (Wildman–Crippen MR) is 52.8 cm³/mol. The van der Waals surface area contributed by atoms with Crippen LogP contribution in [0.1, 0.15) is 12.1 Å². The van der Waals surface area contributed by atoms with Crippen LogP contribution in [0.2, 0.25) is 0 Å². The Bertz CT molecular complexity index is 412. The zero-order valence-electron chi connectivity index (χ0n) is 8.86. The molecule has 0 aliphatic carbocycles. The van der Waals surface area contributed by atoms with Crippen molar-refractivity contribution in [3.8, 4) is 0 Å². The van der Waals surface area contributed by atoms with E-state index < -0.39 is 31.0 Å². The molecule has 1 aromatic heterocycles. The first-order valence-electron chi connectivity index (χ1n) is 4.73. The first-order chi connectivity index (χ1) is 8.09. The van der Waals surface area contributed by atoms with Gasteiger partial charge in [-0.3, -0.25) is 0 Å². The van der Waals surface area contributed by atoms with Crippen molar-refractivity contribution in [2.24, 2.45) is 0 Å². The maximum Gasteiger partial charge on any atom is 0.433 e. The average Bonchev–Trinajstić information content (AvgIpc) is 2.17. The highest BCUT2D eigenvalue weighted by Crippen LogP contribution is 2.31. The zero-order valence-corrected chi connectivity index (χ0v) is 8.86. The van der Waals surface area contributed by atoms with Crippen LogP contribution in [0.3, 0.4) is 0 Å². The lowest BCUT2D eigenvalue weighted by Crippen LogP contribution is -2.16. The molecule has 0 aliphatic heterocycles. The van der Waals surface area contributed by atoms with Gasteiger partial charge in [-0.2, -0.15) is 26.3 Å². The van der Waals surface area contributed by atoms with Gasteiger partial charge in [0.05, 0.1) is 24.0 Å². The molecule has 0 spiro atoms. The van der Waals surface area contributed by atoms with Gasteiger partial charge in [0.2, 0.25) is 0 Å². The molecule has 1 aromatic rings. The lowest BCUT2D eigenvalue weighted by Gasteiger charge is -2.13. The molecule has 0 bridgehead atoms. The summed E-state index contributed by atoms with van der Waals surface area (Å²) >= 11 is 0. The number of alkyl halides is 6. The monoisotopic (exact) mass is 273 g/mol. The third kappa shape index (κ3) is 4.30. The van der Waals surface area contributed by atoms with Crippen molar-refractivity contribution < 1.29 is 26.3 Å². The van der Waals surface area contributed by atoms with E-state index in [0.717, 1.165) is 6.20 Å². The number of anilines is 2. The number of pyridine rings is 1. The third-order valence-corrected chi connectivity index (χ3v) is 1.95. The molecule has 0 radical (unpaired) electrons. The second-order valence-electron chi connectivity index (χ2n) is 3.45. The molecule has 3 nitrogen and oxygen atoms in total. The smallest absolute Gasteiger partial charge is 0.396 e. The van der Waals surface area contributed by atoms with Crippen LogP contribution in [0.25, 0.3) is 0 Å². The highest BCUT2D eigenvalue weighted by Gasteiger charge is 2.33. The summed E-state index contributed by atoms with van der Waals surface area (Å²) in [4.78, 5) is 3.05. The molecule has 0 fully saturated rings. The van der Waals surface area contributed by atoms with Gasteiger partial charge in [0.25, 0.3) is 0 Å². The SMILES string of the molecule is Nc1cnc(C(F)(F)F)cc1NCCC(F)(F)F. The van der Waals surface area contributed by atoms with Gasteiger partial charge in [0.15, 0.2) is 0 Å². The molecule has 9 heteroatoms. The molecule has 18 heavy (non-hydrogen) atoms. The Hall–Kier alpha value is -1.67. The van der Waals surface area contributed by atoms with Gasteiger partial charge >= 0.3 is 12.4 Å². The lowest BCUT2D eigenvalue weighted by atomic mass is 10.2. The van der Waals surface area contributed by atoms with Crippen LogP contribution in [0.5, 0.6) is 0 Å². The third-order valence-electron chi connectivity index (χ3n) is 1.95. The Morgan fingerprint density at radius 1 is 1.17 bits per heavy atom. The van der Waals surface area contributed by atoms with Gasteiger partial charge < -0.3 is 11.1 Å². The fourth-order valence-electron chi connectivity index (χ4n) is 1.11. The maximum atomic E-state index is 12.3. The number of hydrogen-bond donors (Lipinski definition) is 2. The van der Waals surface area contributed by atoms with Crippen molar-refractivity contribution in [1.82, 2.24) is 4.98 Å². The van der Waals surface area contributed by atoms with Crippen molar-refractivity contribution >= 4 is 11.4 Å². The van der Waals surface area contributed by atoms with Gasteiger partial charge in [-0.25, -0.2) is 4.98 Å². The number of nitrogens with two attached hydrogens (primary N) is 1. The normalized spacial score (nSPS) is 12.6. The summed E-state index contributed by atoms with van der Waals surface area (Å²) in [5, 5.41) is 2.20. The fraction of sp³-hybridized carbons (Fsp3) is 0.444. The van der Waals surface area contributed by atoms with E-state index in [1.54, 1.807) is 0 Å². The summed E-state index contributed by atoms with van der Waals surface area (Å²) in [6.07, 6.45) is -9.48. The van der Waals surface area contributed by atoms with E-state index in [2.05, 4.69) is 10.3 Å². The minimum atomic E-state index is -4.67. The van der Waals surface area contributed by atoms with E-state index in [1.807, 2.05) is 0 Å². The van der Waals surface area contributed by atoms with Crippen LogP contribution in [0, 0.1) is 0 Å². The molecule has 0 saturated carbocycles. The quantitative estimate of drug-likeness (QED) is 0.832. The summed E-state index contributed by atoms with van der Waals surface area (Å²) in [6, 6.07) is 0.575. The van der Waals surface area contributed by atoms with Crippen molar-refractivity contribution in [3.05, 3.63) is 18.0 Å². The zero-order chi connectivity index (χ0) is 14.0. The van der Waals surface area contributed by atoms with Crippen molar-refractivity contribution in [2.45, 2.75) is 18.8 Å². The van der Waals surface area contributed by atoms with Gasteiger partial charge in [0.1, 0.15) is 5.69 Å². The fourth-order valence-corrected chi connectivity index (χ4v) is 1.11.